The molecular formula is C22H20FN3O2S. The second kappa shape index (κ2) is 7.67. The van der Waals surface area contributed by atoms with Gasteiger partial charge in [-0.05, 0) is 43.7 Å². The topological polar surface area (TPSA) is 56.3 Å². The van der Waals surface area contributed by atoms with E-state index in [-0.39, 0.29) is 5.82 Å². The van der Waals surface area contributed by atoms with Gasteiger partial charge in [0.1, 0.15) is 33.8 Å². The number of benzene rings is 2. The van der Waals surface area contributed by atoms with Crippen LogP contribution in [-0.4, -0.2) is 24.2 Å². The number of rotatable bonds is 5. The van der Waals surface area contributed by atoms with E-state index in [4.69, 9.17) is 9.47 Å². The molecule has 148 valence electrons. The Morgan fingerprint density at radius 2 is 1.72 bits per heavy atom. The van der Waals surface area contributed by atoms with Crippen LogP contribution >= 0.6 is 11.3 Å². The van der Waals surface area contributed by atoms with Gasteiger partial charge in [0, 0.05) is 16.5 Å². The minimum atomic E-state index is -0.266. The number of methoxy groups -OCH3 is 2. The number of hydrogen-bond donors (Lipinski definition) is 1. The molecule has 0 saturated heterocycles. The molecule has 2 aromatic carbocycles. The Kier molecular flexibility index (Phi) is 5.07. The van der Waals surface area contributed by atoms with E-state index in [0.29, 0.717) is 23.1 Å². The number of aromatic nitrogens is 2. The van der Waals surface area contributed by atoms with E-state index in [2.05, 4.69) is 15.3 Å². The smallest absolute Gasteiger partial charge is 0.143 e. The largest absolute Gasteiger partial charge is 0.497 e. The maximum atomic E-state index is 13.5. The highest BCUT2D eigenvalue weighted by atomic mass is 32.1. The Bertz CT molecular complexity index is 1190. The summed E-state index contributed by atoms with van der Waals surface area (Å²) < 4.78 is 24.3. The van der Waals surface area contributed by atoms with Crippen LogP contribution in [0.15, 0.2) is 42.5 Å². The van der Waals surface area contributed by atoms with Crippen LogP contribution in [0.5, 0.6) is 11.5 Å². The van der Waals surface area contributed by atoms with Crippen molar-refractivity contribution in [1.82, 2.24) is 9.97 Å². The van der Waals surface area contributed by atoms with Crippen LogP contribution in [-0.2, 0) is 0 Å². The molecule has 0 bridgehead atoms. The fraction of sp³-hybridized carbons (Fsp3) is 0.182. The molecule has 0 unspecified atom stereocenters. The molecule has 2 heterocycles. The lowest BCUT2D eigenvalue weighted by molar-refractivity contribution is 0.405. The van der Waals surface area contributed by atoms with Crippen molar-refractivity contribution in [3.8, 4) is 22.6 Å². The van der Waals surface area contributed by atoms with Crippen molar-refractivity contribution >= 4 is 33.1 Å². The summed E-state index contributed by atoms with van der Waals surface area (Å²) in [6.45, 7) is 3.90. The molecule has 5 nitrogen and oxygen atoms in total. The van der Waals surface area contributed by atoms with Crippen molar-refractivity contribution in [2.24, 2.45) is 0 Å². The summed E-state index contributed by atoms with van der Waals surface area (Å²) in [5.41, 5.74) is 2.65. The highest BCUT2D eigenvalue weighted by Gasteiger charge is 2.19. The standard InChI is InChI=1S/C22H20FN3O2S/c1-12-19(14-5-7-15(23)8-6-14)20-21(24-13(2)25-22(20)29-12)26-17-11-16(27-3)9-10-18(17)28-4/h5-11H,1-4H3,(H,24,25,26). The minimum Gasteiger partial charge on any atom is -0.497 e. The van der Waals surface area contributed by atoms with Crippen LogP contribution in [0.4, 0.5) is 15.9 Å². The Balaban J connectivity index is 1.92. The zero-order valence-corrected chi connectivity index (χ0v) is 17.4. The first kappa shape index (κ1) is 19.1. The number of hydrogen-bond acceptors (Lipinski definition) is 6. The summed E-state index contributed by atoms with van der Waals surface area (Å²) in [5, 5.41) is 4.29. The molecule has 4 rings (SSSR count). The average molecular weight is 409 g/mol. The number of fused-ring (bicyclic) bond motifs is 1. The zero-order valence-electron chi connectivity index (χ0n) is 16.5. The van der Waals surface area contributed by atoms with Crippen LogP contribution in [0.2, 0.25) is 0 Å². The number of ether oxygens (including phenoxy) is 2. The molecule has 0 saturated carbocycles. The molecule has 0 radical (unpaired) electrons. The summed E-state index contributed by atoms with van der Waals surface area (Å²) in [5.74, 6) is 2.44. The highest BCUT2D eigenvalue weighted by Crippen LogP contribution is 2.42. The number of aryl methyl sites for hydroxylation is 2. The third kappa shape index (κ3) is 3.61. The van der Waals surface area contributed by atoms with Gasteiger partial charge >= 0.3 is 0 Å². The monoisotopic (exact) mass is 409 g/mol. The third-order valence-corrected chi connectivity index (χ3v) is 5.63. The summed E-state index contributed by atoms with van der Waals surface area (Å²) in [6, 6.07) is 12.0. The second-order valence-electron chi connectivity index (χ2n) is 6.53. The molecule has 29 heavy (non-hydrogen) atoms. The zero-order chi connectivity index (χ0) is 20.5. The average Bonchev–Trinajstić information content (AvgIpc) is 3.04. The van der Waals surface area contributed by atoms with Gasteiger partial charge < -0.3 is 14.8 Å². The first-order valence-corrected chi connectivity index (χ1v) is 9.84. The molecule has 1 N–H and O–H groups in total. The third-order valence-electron chi connectivity index (χ3n) is 4.63. The molecule has 0 aliphatic rings. The van der Waals surface area contributed by atoms with Gasteiger partial charge in [0.25, 0.3) is 0 Å². The molecule has 0 amide bonds. The predicted octanol–water partition coefficient (Wildman–Crippen LogP) is 5.88. The van der Waals surface area contributed by atoms with E-state index < -0.39 is 0 Å². The number of nitrogens with one attached hydrogen (secondary N) is 1. The van der Waals surface area contributed by atoms with E-state index in [1.54, 1.807) is 37.7 Å². The van der Waals surface area contributed by atoms with Crippen molar-refractivity contribution in [2.45, 2.75) is 13.8 Å². The van der Waals surface area contributed by atoms with E-state index in [1.165, 1.54) is 12.1 Å². The van der Waals surface area contributed by atoms with Gasteiger partial charge in [-0.15, -0.1) is 11.3 Å². The van der Waals surface area contributed by atoms with Crippen molar-refractivity contribution in [3.05, 3.63) is 59.0 Å². The minimum absolute atomic E-state index is 0.266. The lowest BCUT2D eigenvalue weighted by Gasteiger charge is -2.14. The van der Waals surface area contributed by atoms with Gasteiger partial charge in [0.05, 0.1) is 25.3 Å². The molecule has 0 fully saturated rings. The SMILES string of the molecule is COc1ccc(OC)c(Nc2nc(C)nc3sc(C)c(-c4ccc(F)cc4)c23)c1. The molecule has 0 aliphatic heterocycles. The van der Waals surface area contributed by atoms with Gasteiger partial charge in [-0.1, -0.05) is 12.1 Å². The Labute approximate surface area is 172 Å². The molecule has 0 aliphatic carbocycles. The van der Waals surface area contributed by atoms with Crippen LogP contribution in [0.3, 0.4) is 0 Å². The normalized spacial score (nSPS) is 10.9. The van der Waals surface area contributed by atoms with Gasteiger partial charge in [0.15, 0.2) is 0 Å². The van der Waals surface area contributed by atoms with Crippen molar-refractivity contribution in [1.29, 1.82) is 0 Å². The fourth-order valence-electron chi connectivity index (χ4n) is 3.31. The molecular weight excluding hydrogens is 389 g/mol. The van der Waals surface area contributed by atoms with Crippen molar-refractivity contribution < 1.29 is 13.9 Å². The Hall–Kier alpha value is -3.19. The maximum Gasteiger partial charge on any atom is 0.143 e. The number of halogens is 1. The van der Waals surface area contributed by atoms with Crippen molar-refractivity contribution in [2.75, 3.05) is 19.5 Å². The second-order valence-corrected chi connectivity index (χ2v) is 7.73. The fourth-order valence-corrected chi connectivity index (χ4v) is 4.40. The first-order valence-electron chi connectivity index (χ1n) is 9.03. The van der Waals surface area contributed by atoms with Crippen LogP contribution in [0, 0.1) is 19.7 Å². The van der Waals surface area contributed by atoms with E-state index >= 15 is 0 Å². The van der Waals surface area contributed by atoms with E-state index in [1.807, 2.05) is 32.0 Å². The van der Waals surface area contributed by atoms with Crippen LogP contribution in [0.1, 0.15) is 10.7 Å². The lowest BCUT2D eigenvalue weighted by Crippen LogP contribution is -2.01. The summed E-state index contributed by atoms with van der Waals surface area (Å²) in [7, 11) is 3.24. The summed E-state index contributed by atoms with van der Waals surface area (Å²) in [4.78, 5) is 11.2. The molecule has 7 heteroatoms. The lowest BCUT2D eigenvalue weighted by atomic mass is 10.0. The van der Waals surface area contributed by atoms with Crippen molar-refractivity contribution in [3.63, 3.8) is 0 Å². The van der Waals surface area contributed by atoms with Gasteiger partial charge in [-0.2, -0.15) is 0 Å². The van der Waals surface area contributed by atoms with Gasteiger partial charge in [-0.25, -0.2) is 14.4 Å². The predicted molar refractivity (Wildman–Crippen MR) is 115 cm³/mol. The molecule has 4 aromatic rings. The van der Waals surface area contributed by atoms with Gasteiger partial charge in [-0.3, -0.25) is 0 Å². The van der Waals surface area contributed by atoms with Crippen LogP contribution < -0.4 is 14.8 Å². The molecule has 0 spiro atoms. The summed E-state index contributed by atoms with van der Waals surface area (Å²) in [6.07, 6.45) is 0. The van der Waals surface area contributed by atoms with E-state index in [0.717, 1.165) is 31.9 Å². The Morgan fingerprint density at radius 3 is 2.41 bits per heavy atom. The highest BCUT2D eigenvalue weighted by molar-refractivity contribution is 7.19. The number of nitrogens with zero attached hydrogens (tertiary/aromatic N) is 2. The molecule has 0 atom stereocenters. The summed E-state index contributed by atoms with van der Waals surface area (Å²) >= 11 is 1.59. The maximum absolute atomic E-state index is 13.5. The van der Waals surface area contributed by atoms with Crippen LogP contribution in [0.25, 0.3) is 21.3 Å². The number of anilines is 2. The number of thiophene rings is 1. The molecule has 2 aromatic heterocycles. The quantitative estimate of drug-likeness (QED) is 0.446. The first-order chi connectivity index (χ1) is 14.0. The van der Waals surface area contributed by atoms with Gasteiger partial charge in [0.2, 0.25) is 0 Å². The Morgan fingerprint density at radius 1 is 0.966 bits per heavy atom. The van der Waals surface area contributed by atoms with E-state index in [9.17, 15) is 4.39 Å².